The van der Waals surface area contributed by atoms with Gasteiger partial charge in [0.1, 0.15) is 0 Å². The Bertz CT molecular complexity index is 143. The molecule has 0 nitrogen and oxygen atoms in total. The first-order valence-corrected chi connectivity index (χ1v) is 3.75. The summed E-state index contributed by atoms with van der Waals surface area (Å²) in [5.74, 6) is 0. The molecule has 0 atom stereocenters. The van der Waals surface area contributed by atoms with Crippen molar-refractivity contribution < 1.29 is 40.0 Å². The predicted molar refractivity (Wildman–Crippen MR) is 28.6 cm³/mol. The molecule has 1 aromatic rings. The summed E-state index contributed by atoms with van der Waals surface area (Å²) in [4.78, 5) is 0. The van der Waals surface area contributed by atoms with Gasteiger partial charge >= 0.3 is 52.8 Å². The molecular weight excluding hydrogens is 236 g/mol. The van der Waals surface area contributed by atoms with E-state index in [1.807, 2.05) is 6.07 Å². The Morgan fingerprint density at radius 2 is 1.44 bits per heavy atom. The summed E-state index contributed by atoms with van der Waals surface area (Å²) in [5.41, 5.74) is 0. The van der Waals surface area contributed by atoms with Crippen LogP contribution in [-0.4, -0.2) is 0 Å². The Hall–Kier alpha value is 0.253. The van der Waals surface area contributed by atoms with E-state index < -0.39 is 0 Å². The van der Waals surface area contributed by atoms with E-state index in [2.05, 4.69) is 24.3 Å². The van der Waals surface area contributed by atoms with Gasteiger partial charge in [-0.05, 0) is 0 Å². The molecule has 9 heavy (non-hydrogen) atoms. The van der Waals surface area contributed by atoms with Crippen molar-refractivity contribution in [3.63, 3.8) is 0 Å². The fourth-order valence-corrected chi connectivity index (χ4v) is 1.05. The zero-order valence-electron chi connectivity index (χ0n) is 4.88. The summed E-state index contributed by atoms with van der Waals surface area (Å²) in [6.45, 7) is 0. The number of benzene rings is 1. The summed E-state index contributed by atoms with van der Waals surface area (Å²) in [5, 5.41) is 0. The summed E-state index contributed by atoms with van der Waals surface area (Å²) in [7, 11) is 0. The van der Waals surface area contributed by atoms with Gasteiger partial charge in [-0.15, -0.1) is 0 Å². The first-order chi connectivity index (χ1) is 3.39. The third kappa shape index (κ3) is 4.74. The Morgan fingerprint density at radius 3 is 1.67 bits per heavy atom. The summed E-state index contributed by atoms with van der Waals surface area (Å²) < 4.78 is 1.45. The molecule has 0 aliphatic carbocycles. The molecule has 1 rings (SSSR count). The second-order valence-electron chi connectivity index (χ2n) is 1.49. The van der Waals surface area contributed by atoms with E-state index in [0.717, 1.165) is 0 Å². The zero-order valence-corrected chi connectivity index (χ0v) is 9.43. The third-order valence-corrected chi connectivity index (χ3v) is 1.83. The summed E-state index contributed by atoms with van der Waals surface area (Å²) in [6.07, 6.45) is 0. The maximum absolute atomic E-state index is 2.14. The molecular formula is C6H6BrFZn. The Morgan fingerprint density at radius 1 is 1.00 bits per heavy atom. The van der Waals surface area contributed by atoms with E-state index in [1.165, 1.54) is 22.5 Å². The van der Waals surface area contributed by atoms with Crippen molar-refractivity contribution in [2.24, 2.45) is 0 Å². The van der Waals surface area contributed by atoms with Gasteiger partial charge in [-0.25, -0.2) is 0 Å². The van der Waals surface area contributed by atoms with E-state index >= 15 is 0 Å². The van der Waals surface area contributed by atoms with Crippen LogP contribution in [0.5, 0.6) is 0 Å². The van der Waals surface area contributed by atoms with E-state index in [4.69, 9.17) is 0 Å². The maximum atomic E-state index is 2.14. The van der Waals surface area contributed by atoms with E-state index in [9.17, 15) is 0 Å². The first kappa shape index (κ1) is 12.0. The van der Waals surface area contributed by atoms with Crippen LogP contribution in [0.1, 0.15) is 0 Å². The predicted octanol–water partition coefficient (Wildman–Crippen LogP) is -1.98. The van der Waals surface area contributed by atoms with Gasteiger partial charge in [0, 0.05) is 0 Å². The van der Waals surface area contributed by atoms with Crippen LogP contribution in [0.2, 0.25) is 0 Å². The molecule has 46 valence electrons. The summed E-state index contributed by atoms with van der Waals surface area (Å²) in [6, 6.07) is 10.5. The average molecular weight is 242 g/mol. The van der Waals surface area contributed by atoms with Crippen molar-refractivity contribution in [2.45, 2.75) is 0 Å². The Balaban J connectivity index is 0. The molecule has 0 fully saturated rings. The van der Waals surface area contributed by atoms with Crippen LogP contribution in [0, 0.1) is 0 Å². The SMILES string of the molecule is F.[Br-].[Zn+][c]1ccccc1. The van der Waals surface area contributed by atoms with Gasteiger partial charge in [0.15, 0.2) is 0 Å². The molecule has 0 aliphatic rings. The number of halogens is 2. The molecule has 0 unspecified atom stereocenters. The monoisotopic (exact) mass is 240 g/mol. The van der Waals surface area contributed by atoms with Crippen LogP contribution in [-0.2, 0) is 18.3 Å². The number of hydrogen-bond donors (Lipinski definition) is 0. The topological polar surface area (TPSA) is 0 Å². The second kappa shape index (κ2) is 6.37. The van der Waals surface area contributed by atoms with Crippen molar-refractivity contribution in [1.29, 1.82) is 0 Å². The van der Waals surface area contributed by atoms with Gasteiger partial charge in [0.25, 0.3) is 0 Å². The molecule has 0 N–H and O–H groups in total. The van der Waals surface area contributed by atoms with Crippen molar-refractivity contribution in [1.82, 2.24) is 0 Å². The van der Waals surface area contributed by atoms with Crippen LogP contribution in [0.4, 0.5) is 4.70 Å². The molecule has 0 radical (unpaired) electrons. The number of hydrogen-bond acceptors (Lipinski definition) is 0. The van der Waals surface area contributed by atoms with Crippen LogP contribution in [0.15, 0.2) is 30.3 Å². The Labute approximate surface area is 74.5 Å². The second-order valence-corrected chi connectivity index (χ2v) is 3.20. The molecule has 0 aromatic heterocycles. The van der Waals surface area contributed by atoms with E-state index in [0.29, 0.717) is 0 Å². The number of rotatable bonds is 0. The van der Waals surface area contributed by atoms with Gasteiger partial charge in [0.05, 0.1) is 0 Å². The molecule has 0 bridgehead atoms. The van der Waals surface area contributed by atoms with Gasteiger partial charge in [-0.1, -0.05) is 0 Å². The molecule has 0 aliphatic heterocycles. The molecule has 0 spiro atoms. The van der Waals surface area contributed by atoms with Gasteiger partial charge < -0.3 is 17.0 Å². The van der Waals surface area contributed by atoms with E-state index in [-0.39, 0.29) is 21.7 Å². The molecule has 3 heteroatoms. The molecule has 0 amide bonds. The fourth-order valence-electron chi connectivity index (χ4n) is 0.478. The van der Waals surface area contributed by atoms with Crippen molar-refractivity contribution in [2.75, 3.05) is 0 Å². The van der Waals surface area contributed by atoms with Crippen molar-refractivity contribution in [3.8, 4) is 0 Å². The Kier molecular flexibility index (Phi) is 8.49. The van der Waals surface area contributed by atoms with Crippen molar-refractivity contribution >= 4 is 4.16 Å². The van der Waals surface area contributed by atoms with Crippen LogP contribution >= 0.6 is 0 Å². The zero-order chi connectivity index (χ0) is 5.11. The van der Waals surface area contributed by atoms with Gasteiger partial charge in [-0.3, -0.25) is 4.70 Å². The normalized spacial score (nSPS) is 6.89. The molecule has 0 heterocycles. The quantitative estimate of drug-likeness (QED) is 0.463. The third-order valence-electron chi connectivity index (χ3n) is 0.843. The molecule has 1 aromatic carbocycles. The average Bonchev–Trinajstić information content (AvgIpc) is 1.69. The first-order valence-electron chi connectivity index (χ1n) is 2.26. The van der Waals surface area contributed by atoms with E-state index in [1.54, 1.807) is 0 Å². The van der Waals surface area contributed by atoms with Crippen LogP contribution < -0.4 is 21.1 Å². The minimum absolute atomic E-state index is 0. The molecule has 0 saturated heterocycles. The fraction of sp³-hybridized carbons (Fsp3) is 0. The van der Waals surface area contributed by atoms with Crippen LogP contribution in [0.3, 0.4) is 0 Å². The van der Waals surface area contributed by atoms with Gasteiger partial charge in [-0.2, -0.15) is 0 Å². The van der Waals surface area contributed by atoms with Crippen molar-refractivity contribution in [3.05, 3.63) is 30.3 Å². The van der Waals surface area contributed by atoms with Crippen LogP contribution in [0.25, 0.3) is 0 Å². The minimum atomic E-state index is 0. The molecule has 0 saturated carbocycles. The summed E-state index contributed by atoms with van der Waals surface area (Å²) >= 11 is 1.26. The van der Waals surface area contributed by atoms with Gasteiger partial charge in [0.2, 0.25) is 0 Å². The standard InChI is InChI=1S/C6H5.BrH.FH.Zn/c1-2-4-6-5-3-1;;;/h1-5H;2*1H;/q;;;+1/p-1.